The normalized spacial score (nSPS) is 11.5. The van der Waals surface area contributed by atoms with Crippen LogP contribution >= 0.6 is 0 Å². The first-order valence-electron chi connectivity index (χ1n) is 5.49. The molecule has 0 unspecified atom stereocenters. The van der Waals surface area contributed by atoms with E-state index in [4.69, 9.17) is 9.47 Å². The molecule has 16 heavy (non-hydrogen) atoms. The molecule has 0 aromatic heterocycles. The minimum Gasteiger partial charge on any atom is -0.497 e. The smallest absolute Gasteiger partial charge is 0.118 e. The van der Waals surface area contributed by atoms with Crippen molar-refractivity contribution >= 4 is 0 Å². The summed E-state index contributed by atoms with van der Waals surface area (Å²) in [4.78, 5) is 0. The van der Waals surface area contributed by atoms with Gasteiger partial charge in [0.25, 0.3) is 0 Å². The first-order chi connectivity index (χ1) is 7.57. The van der Waals surface area contributed by atoms with Gasteiger partial charge in [-0.25, -0.2) is 0 Å². The second-order valence-electron chi connectivity index (χ2n) is 4.43. The first-order valence-corrected chi connectivity index (χ1v) is 5.49. The number of ether oxygens (including phenoxy) is 2. The molecule has 0 atom stereocenters. The van der Waals surface area contributed by atoms with Crippen LogP contribution in [0.25, 0.3) is 0 Å². The third-order valence-electron chi connectivity index (χ3n) is 2.39. The predicted octanol–water partition coefficient (Wildman–Crippen LogP) is 2.21. The van der Waals surface area contributed by atoms with Crippen LogP contribution in [0.15, 0.2) is 24.3 Å². The lowest BCUT2D eigenvalue weighted by Crippen LogP contribution is -2.35. The number of rotatable bonds is 6. The number of hydrogen-bond acceptors (Lipinski definition) is 3. The van der Waals surface area contributed by atoms with Crippen LogP contribution in [0.1, 0.15) is 19.4 Å². The number of benzene rings is 1. The van der Waals surface area contributed by atoms with Gasteiger partial charge in [0.2, 0.25) is 0 Å². The minimum absolute atomic E-state index is 0.144. The van der Waals surface area contributed by atoms with Crippen LogP contribution in [0.2, 0.25) is 0 Å². The number of likely N-dealkylation sites (N-methyl/N-ethyl adjacent to an activating group) is 1. The average molecular weight is 223 g/mol. The van der Waals surface area contributed by atoms with Crippen LogP contribution in [0.5, 0.6) is 5.75 Å². The van der Waals surface area contributed by atoms with E-state index in [-0.39, 0.29) is 5.60 Å². The number of nitrogens with one attached hydrogen (secondary N) is 1. The SMILES string of the molecule is CNCC(C)(C)OCc1ccc(OC)cc1. The van der Waals surface area contributed by atoms with Gasteiger partial charge in [0, 0.05) is 6.54 Å². The summed E-state index contributed by atoms with van der Waals surface area (Å²) in [6, 6.07) is 7.94. The molecule has 0 amide bonds. The van der Waals surface area contributed by atoms with Gasteiger partial charge in [-0.15, -0.1) is 0 Å². The molecule has 1 aromatic rings. The highest BCUT2D eigenvalue weighted by Crippen LogP contribution is 2.15. The van der Waals surface area contributed by atoms with E-state index in [2.05, 4.69) is 19.2 Å². The molecule has 0 aliphatic carbocycles. The molecule has 0 bridgehead atoms. The zero-order valence-electron chi connectivity index (χ0n) is 10.5. The van der Waals surface area contributed by atoms with E-state index in [1.807, 2.05) is 31.3 Å². The molecule has 0 saturated carbocycles. The third-order valence-corrected chi connectivity index (χ3v) is 2.39. The van der Waals surface area contributed by atoms with E-state index in [0.29, 0.717) is 6.61 Å². The first kappa shape index (κ1) is 13.0. The summed E-state index contributed by atoms with van der Waals surface area (Å²) in [6.45, 7) is 5.61. The Hall–Kier alpha value is -1.06. The highest BCUT2D eigenvalue weighted by atomic mass is 16.5. The second kappa shape index (κ2) is 5.87. The molecule has 1 rings (SSSR count). The predicted molar refractivity (Wildman–Crippen MR) is 65.8 cm³/mol. The van der Waals surface area contributed by atoms with Gasteiger partial charge >= 0.3 is 0 Å². The van der Waals surface area contributed by atoms with Crippen LogP contribution < -0.4 is 10.1 Å². The summed E-state index contributed by atoms with van der Waals surface area (Å²) >= 11 is 0. The minimum atomic E-state index is -0.144. The zero-order chi connectivity index (χ0) is 12.0. The Morgan fingerprint density at radius 1 is 1.19 bits per heavy atom. The van der Waals surface area contributed by atoms with Gasteiger partial charge < -0.3 is 14.8 Å². The van der Waals surface area contributed by atoms with Crippen LogP contribution in [-0.2, 0) is 11.3 Å². The summed E-state index contributed by atoms with van der Waals surface area (Å²) in [5, 5.41) is 3.12. The lowest BCUT2D eigenvalue weighted by Gasteiger charge is -2.25. The van der Waals surface area contributed by atoms with Gasteiger partial charge in [-0.3, -0.25) is 0 Å². The molecule has 0 heterocycles. The highest BCUT2D eigenvalue weighted by Gasteiger charge is 2.16. The van der Waals surface area contributed by atoms with Gasteiger partial charge in [0.15, 0.2) is 0 Å². The fourth-order valence-corrected chi connectivity index (χ4v) is 1.48. The van der Waals surface area contributed by atoms with Crippen LogP contribution in [0.3, 0.4) is 0 Å². The average Bonchev–Trinajstić information content (AvgIpc) is 2.27. The maximum Gasteiger partial charge on any atom is 0.118 e. The molecule has 0 fully saturated rings. The van der Waals surface area contributed by atoms with Crippen LogP contribution in [-0.4, -0.2) is 26.3 Å². The van der Waals surface area contributed by atoms with Gasteiger partial charge in [-0.1, -0.05) is 12.1 Å². The molecule has 0 spiro atoms. The zero-order valence-corrected chi connectivity index (χ0v) is 10.5. The Bertz CT molecular complexity index is 306. The third kappa shape index (κ3) is 4.21. The number of methoxy groups -OCH3 is 1. The van der Waals surface area contributed by atoms with Crippen molar-refractivity contribution in [2.24, 2.45) is 0 Å². The van der Waals surface area contributed by atoms with Gasteiger partial charge in [-0.05, 0) is 38.6 Å². The van der Waals surface area contributed by atoms with Crippen molar-refractivity contribution < 1.29 is 9.47 Å². The Morgan fingerprint density at radius 2 is 1.81 bits per heavy atom. The lowest BCUT2D eigenvalue weighted by molar-refractivity contribution is -0.0267. The maximum absolute atomic E-state index is 5.83. The summed E-state index contributed by atoms with van der Waals surface area (Å²) in [5.74, 6) is 0.873. The molecular formula is C13H21NO2. The summed E-state index contributed by atoms with van der Waals surface area (Å²) in [6.07, 6.45) is 0. The summed E-state index contributed by atoms with van der Waals surface area (Å²) in [7, 11) is 3.60. The van der Waals surface area contributed by atoms with Crippen molar-refractivity contribution in [3.63, 3.8) is 0 Å². The van der Waals surface area contributed by atoms with Crippen molar-refractivity contribution in [1.82, 2.24) is 5.32 Å². The van der Waals surface area contributed by atoms with Crippen molar-refractivity contribution in [2.75, 3.05) is 20.7 Å². The van der Waals surface area contributed by atoms with Crippen molar-refractivity contribution in [1.29, 1.82) is 0 Å². The van der Waals surface area contributed by atoms with Crippen LogP contribution in [0.4, 0.5) is 0 Å². The molecule has 3 nitrogen and oxygen atoms in total. The lowest BCUT2D eigenvalue weighted by atomic mass is 10.1. The van der Waals surface area contributed by atoms with E-state index in [9.17, 15) is 0 Å². The van der Waals surface area contributed by atoms with E-state index in [1.54, 1.807) is 7.11 Å². The molecule has 0 radical (unpaired) electrons. The molecule has 0 saturated heterocycles. The van der Waals surface area contributed by atoms with Gasteiger partial charge in [0.1, 0.15) is 5.75 Å². The van der Waals surface area contributed by atoms with Crippen molar-refractivity contribution in [2.45, 2.75) is 26.1 Å². The fourth-order valence-electron chi connectivity index (χ4n) is 1.48. The van der Waals surface area contributed by atoms with E-state index < -0.39 is 0 Å². The van der Waals surface area contributed by atoms with E-state index >= 15 is 0 Å². The summed E-state index contributed by atoms with van der Waals surface area (Å²) < 4.78 is 10.9. The van der Waals surface area contributed by atoms with Gasteiger partial charge in [-0.2, -0.15) is 0 Å². The Labute approximate surface area is 97.8 Å². The van der Waals surface area contributed by atoms with E-state index in [1.165, 1.54) is 0 Å². The molecular weight excluding hydrogens is 202 g/mol. The Balaban J connectivity index is 2.48. The monoisotopic (exact) mass is 223 g/mol. The standard InChI is InChI=1S/C13H21NO2/c1-13(2,10-14-3)16-9-11-5-7-12(15-4)8-6-11/h5-8,14H,9-10H2,1-4H3. The quantitative estimate of drug-likeness (QED) is 0.802. The van der Waals surface area contributed by atoms with Crippen LogP contribution in [0, 0.1) is 0 Å². The Morgan fingerprint density at radius 3 is 2.31 bits per heavy atom. The maximum atomic E-state index is 5.83. The number of hydrogen-bond donors (Lipinski definition) is 1. The second-order valence-corrected chi connectivity index (χ2v) is 4.43. The molecule has 0 aliphatic heterocycles. The molecule has 0 aliphatic rings. The Kier molecular flexibility index (Phi) is 4.77. The largest absolute Gasteiger partial charge is 0.497 e. The fraction of sp³-hybridized carbons (Fsp3) is 0.538. The molecule has 1 N–H and O–H groups in total. The molecule has 90 valence electrons. The molecule has 3 heteroatoms. The highest BCUT2D eigenvalue weighted by molar-refractivity contribution is 5.26. The van der Waals surface area contributed by atoms with Gasteiger partial charge in [0.05, 0.1) is 19.3 Å². The van der Waals surface area contributed by atoms with Crippen molar-refractivity contribution in [3.05, 3.63) is 29.8 Å². The molecule has 1 aromatic carbocycles. The summed E-state index contributed by atoms with van der Waals surface area (Å²) in [5.41, 5.74) is 1.01. The topological polar surface area (TPSA) is 30.5 Å². The van der Waals surface area contributed by atoms with Crippen molar-refractivity contribution in [3.8, 4) is 5.75 Å². The van der Waals surface area contributed by atoms with E-state index in [0.717, 1.165) is 17.9 Å².